The fourth-order valence-electron chi connectivity index (χ4n) is 2.86. The topological polar surface area (TPSA) is 114 Å². The first-order valence-electron chi connectivity index (χ1n) is 8.74. The molecule has 28 heavy (non-hydrogen) atoms. The van der Waals surface area contributed by atoms with Gasteiger partial charge in [-0.2, -0.15) is 0 Å². The van der Waals surface area contributed by atoms with Crippen molar-refractivity contribution in [3.05, 3.63) is 70.4 Å². The molecule has 3 aromatic rings. The molecule has 0 saturated heterocycles. The van der Waals surface area contributed by atoms with Gasteiger partial charge in [0.05, 0.1) is 4.92 Å². The number of nitrogens with one attached hydrogen (secondary N) is 2. The molecular weight excluding hydrogens is 362 g/mol. The predicted octanol–water partition coefficient (Wildman–Crippen LogP) is 3.58. The molecule has 0 saturated carbocycles. The first-order valence-corrected chi connectivity index (χ1v) is 8.74. The predicted molar refractivity (Wildman–Crippen MR) is 104 cm³/mol. The van der Waals surface area contributed by atoms with Crippen molar-refractivity contribution in [1.82, 2.24) is 4.98 Å². The number of H-pyrrole nitrogens is 1. The lowest BCUT2D eigenvalue weighted by atomic mass is 10.1. The molecule has 1 aromatic heterocycles. The zero-order chi connectivity index (χ0) is 20.1. The molecule has 0 bridgehead atoms. The molecular formula is C20H19N3O5. The summed E-state index contributed by atoms with van der Waals surface area (Å²) in [6, 6.07) is 13.5. The van der Waals surface area contributed by atoms with Crippen LogP contribution in [0.2, 0.25) is 0 Å². The number of nitro benzene ring substituents is 1. The monoisotopic (exact) mass is 381 g/mol. The van der Waals surface area contributed by atoms with E-state index in [1.54, 1.807) is 6.07 Å². The standard InChI is InChI=1S/C20H19N3O5/c1-13(20(25)22-17-8-4-5-9-18(17)23(26)27)28-19(24)11-10-14-12-21-16-7-3-2-6-15(14)16/h2-9,12-13,21H,10-11H2,1H3,(H,22,25)/t13-/m1/s1. The summed E-state index contributed by atoms with van der Waals surface area (Å²) in [6.07, 6.45) is 1.37. The van der Waals surface area contributed by atoms with E-state index in [-0.39, 0.29) is 17.8 Å². The third-order valence-corrected chi connectivity index (χ3v) is 4.31. The minimum Gasteiger partial charge on any atom is -0.453 e. The molecule has 144 valence electrons. The van der Waals surface area contributed by atoms with Gasteiger partial charge in [0.1, 0.15) is 5.69 Å². The summed E-state index contributed by atoms with van der Waals surface area (Å²) in [5.74, 6) is -1.15. The summed E-state index contributed by atoms with van der Waals surface area (Å²) in [5, 5.41) is 14.5. The van der Waals surface area contributed by atoms with Crippen LogP contribution in [-0.2, 0) is 20.7 Å². The van der Waals surface area contributed by atoms with Crippen LogP contribution in [-0.4, -0.2) is 27.9 Å². The Hall–Kier alpha value is -3.68. The van der Waals surface area contributed by atoms with Gasteiger partial charge in [-0.1, -0.05) is 30.3 Å². The van der Waals surface area contributed by atoms with Crippen molar-refractivity contribution >= 4 is 34.2 Å². The van der Waals surface area contributed by atoms with Crippen LogP contribution in [0.4, 0.5) is 11.4 Å². The molecule has 0 radical (unpaired) electrons. The van der Waals surface area contributed by atoms with Gasteiger partial charge in [0.25, 0.3) is 11.6 Å². The summed E-state index contributed by atoms with van der Waals surface area (Å²) < 4.78 is 5.16. The highest BCUT2D eigenvalue weighted by Gasteiger charge is 2.21. The van der Waals surface area contributed by atoms with E-state index < -0.39 is 22.9 Å². The van der Waals surface area contributed by atoms with Crippen molar-refractivity contribution in [1.29, 1.82) is 0 Å². The highest BCUT2D eigenvalue weighted by atomic mass is 16.6. The number of esters is 1. The number of nitro groups is 1. The average Bonchev–Trinajstić information content (AvgIpc) is 3.09. The van der Waals surface area contributed by atoms with Gasteiger partial charge in [0, 0.05) is 29.6 Å². The van der Waals surface area contributed by atoms with E-state index in [0.29, 0.717) is 6.42 Å². The molecule has 0 aliphatic rings. The Bertz CT molecular complexity index is 1030. The number of hydrogen-bond donors (Lipinski definition) is 2. The number of rotatable bonds is 7. The van der Waals surface area contributed by atoms with E-state index in [9.17, 15) is 19.7 Å². The lowest BCUT2D eigenvalue weighted by molar-refractivity contribution is -0.383. The zero-order valence-electron chi connectivity index (χ0n) is 15.2. The number of fused-ring (bicyclic) bond motifs is 1. The Balaban J connectivity index is 1.55. The van der Waals surface area contributed by atoms with E-state index >= 15 is 0 Å². The molecule has 8 heteroatoms. The normalized spacial score (nSPS) is 11.8. The summed E-state index contributed by atoms with van der Waals surface area (Å²) in [6.45, 7) is 1.42. The number of aryl methyl sites for hydroxylation is 1. The number of hydrogen-bond acceptors (Lipinski definition) is 5. The molecule has 0 spiro atoms. The van der Waals surface area contributed by atoms with Crippen molar-refractivity contribution in [3.63, 3.8) is 0 Å². The number of benzene rings is 2. The quantitative estimate of drug-likeness (QED) is 0.369. The lowest BCUT2D eigenvalue weighted by Gasteiger charge is -2.13. The van der Waals surface area contributed by atoms with E-state index in [1.807, 2.05) is 30.5 Å². The molecule has 2 aromatic carbocycles. The third kappa shape index (κ3) is 4.35. The third-order valence-electron chi connectivity index (χ3n) is 4.31. The maximum absolute atomic E-state index is 12.2. The molecule has 0 aliphatic carbocycles. The van der Waals surface area contributed by atoms with Crippen LogP contribution in [0.1, 0.15) is 18.9 Å². The summed E-state index contributed by atoms with van der Waals surface area (Å²) in [5.41, 5.74) is 1.81. The van der Waals surface area contributed by atoms with Gasteiger partial charge in [-0.15, -0.1) is 0 Å². The molecule has 1 amide bonds. The van der Waals surface area contributed by atoms with Crippen LogP contribution in [0.15, 0.2) is 54.7 Å². The van der Waals surface area contributed by atoms with E-state index in [0.717, 1.165) is 16.5 Å². The Morgan fingerprint density at radius 3 is 2.68 bits per heavy atom. The van der Waals surface area contributed by atoms with Gasteiger partial charge in [0.15, 0.2) is 6.10 Å². The summed E-state index contributed by atoms with van der Waals surface area (Å²) in [4.78, 5) is 37.9. The molecule has 0 fully saturated rings. The zero-order valence-corrected chi connectivity index (χ0v) is 15.2. The molecule has 0 unspecified atom stereocenters. The Morgan fingerprint density at radius 1 is 1.18 bits per heavy atom. The van der Waals surface area contributed by atoms with Gasteiger partial charge in [-0.05, 0) is 31.0 Å². The molecule has 8 nitrogen and oxygen atoms in total. The lowest BCUT2D eigenvalue weighted by Crippen LogP contribution is -2.30. The van der Waals surface area contributed by atoms with Crippen molar-refractivity contribution in [2.24, 2.45) is 0 Å². The highest BCUT2D eigenvalue weighted by molar-refractivity contribution is 5.96. The number of carbonyl (C=O) groups excluding carboxylic acids is 2. The second kappa shape index (κ2) is 8.34. The minimum absolute atomic E-state index is 0.0548. The van der Waals surface area contributed by atoms with E-state index in [2.05, 4.69) is 10.3 Å². The second-order valence-electron chi connectivity index (χ2n) is 6.26. The first kappa shape index (κ1) is 19.1. The largest absolute Gasteiger partial charge is 0.453 e. The highest BCUT2D eigenvalue weighted by Crippen LogP contribution is 2.23. The van der Waals surface area contributed by atoms with Crippen molar-refractivity contribution < 1.29 is 19.2 Å². The molecule has 1 heterocycles. The van der Waals surface area contributed by atoms with Gasteiger partial charge >= 0.3 is 5.97 Å². The number of ether oxygens (including phenoxy) is 1. The summed E-state index contributed by atoms with van der Waals surface area (Å²) >= 11 is 0. The number of nitrogens with zero attached hydrogens (tertiary/aromatic N) is 1. The number of anilines is 1. The molecule has 3 rings (SSSR count). The van der Waals surface area contributed by atoms with Gasteiger partial charge in [-0.3, -0.25) is 19.7 Å². The van der Waals surface area contributed by atoms with Crippen molar-refractivity contribution in [2.45, 2.75) is 25.9 Å². The van der Waals surface area contributed by atoms with Crippen LogP contribution >= 0.6 is 0 Å². The fourth-order valence-corrected chi connectivity index (χ4v) is 2.86. The van der Waals surface area contributed by atoms with Crippen molar-refractivity contribution in [2.75, 3.05) is 5.32 Å². The van der Waals surface area contributed by atoms with Crippen LogP contribution in [0.3, 0.4) is 0 Å². The van der Waals surface area contributed by atoms with Gasteiger partial charge in [-0.25, -0.2) is 0 Å². The van der Waals surface area contributed by atoms with E-state index in [1.165, 1.54) is 25.1 Å². The van der Waals surface area contributed by atoms with Crippen molar-refractivity contribution in [3.8, 4) is 0 Å². The fraction of sp³-hybridized carbons (Fsp3) is 0.200. The summed E-state index contributed by atoms with van der Waals surface area (Å²) in [7, 11) is 0. The molecule has 1 atom stereocenters. The number of para-hydroxylation sites is 3. The Labute approximate surface area is 160 Å². The smallest absolute Gasteiger partial charge is 0.306 e. The van der Waals surface area contributed by atoms with Crippen LogP contribution in [0.25, 0.3) is 10.9 Å². The average molecular weight is 381 g/mol. The Morgan fingerprint density at radius 2 is 1.89 bits per heavy atom. The maximum atomic E-state index is 12.2. The van der Waals surface area contributed by atoms with E-state index in [4.69, 9.17) is 4.74 Å². The van der Waals surface area contributed by atoms with Crippen LogP contribution in [0, 0.1) is 10.1 Å². The second-order valence-corrected chi connectivity index (χ2v) is 6.26. The SMILES string of the molecule is C[C@@H](OC(=O)CCc1c[nH]c2ccccc12)C(=O)Nc1ccccc1[N+](=O)[O-]. The first-order chi connectivity index (χ1) is 13.5. The number of aromatic amines is 1. The number of carbonyl (C=O) groups is 2. The van der Waals surface area contributed by atoms with Gasteiger partial charge < -0.3 is 15.0 Å². The Kier molecular flexibility index (Phi) is 5.69. The maximum Gasteiger partial charge on any atom is 0.306 e. The molecule has 0 aliphatic heterocycles. The number of amides is 1. The minimum atomic E-state index is -1.07. The van der Waals surface area contributed by atoms with Crippen LogP contribution in [0.5, 0.6) is 0 Å². The van der Waals surface area contributed by atoms with Crippen LogP contribution < -0.4 is 5.32 Å². The molecule has 2 N–H and O–H groups in total. The van der Waals surface area contributed by atoms with Gasteiger partial charge in [0.2, 0.25) is 0 Å². The number of aromatic nitrogens is 1.